The quantitative estimate of drug-likeness (QED) is 0.779. The van der Waals surface area contributed by atoms with Gasteiger partial charge < -0.3 is 17.1 Å². The van der Waals surface area contributed by atoms with Crippen LogP contribution in [0.3, 0.4) is 0 Å². The number of nitrogens with zero attached hydrogens (tertiary/aromatic N) is 1. The van der Waals surface area contributed by atoms with Crippen LogP contribution < -0.4 is 5.32 Å². The Bertz CT molecular complexity index is 186. The molecule has 1 unspecified atom stereocenters. The predicted molar refractivity (Wildman–Crippen MR) is 68.8 cm³/mol. The van der Waals surface area contributed by atoms with Crippen molar-refractivity contribution < 1.29 is 37.5 Å². The molecule has 0 radical (unpaired) electrons. The van der Waals surface area contributed by atoms with E-state index in [0.717, 1.165) is 25.8 Å². The first-order valence-corrected chi connectivity index (χ1v) is 6.30. The third-order valence-corrected chi connectivity index (χ3v) is 2.82. The van der Waals surface area contributed by atoms with Crippen molar-refractivity contribution in [2.75, 3.05) is 6.54 Å². The summed E-state index contributed by atoms with van der Waals surface area (Å²) in [6.45, 7) is 8.80. The number of hydrogen-bond donors (Lipinski definition) is 1. The second-order valence-electron chi connectivity index (χ2n) is 4.23. The summed E-state index contributed by atoms with van der Waals surface area (Å²) in [7, 11) is 3.35. The molecule has 0 bridgehead atoms. The molecule has 0 spiro atoms. The van der Waals surface area contributed by atoms with Gasteiger partial charge in [0.25, 0.3) is 6.03 Å². The Balaban J connectivity index is 0. The Labute approximate surface area is 132 Å². The van der Waals surface area contributed by atoms with Crippen LogP contribution in [0.4, 0.5) is 4.79 Å². The molecule has 0 aromatic rings. The van der Waals surface area contributed by atoms with Gasteiger partial charge in [0.15, 0.2) is 0 Å². The Morgan fingerprint density at radius 1 is 1.47 bits per heavy atom. The molecule has 0 aromatic carbocycles. The van der Waals surface area contributed by atoms with Crippen LogP contribution in [0.2, 0.25) is 0 Å². The average molecular weight is 315 g/mol. The van der Waals surface area contributed by atoms with Gasteiger partial charge in [-0.25, -0.2) is 0 Å². The molecular weight excluding hydrogens is 289 g/mol. The molecule has 17 heavy (non-hydrogen) atoms. The van der Waals surface area contributed by atoms with E-state index in [-0.39, 0.29) is 38.7 Å². The molecule has 2 amide bonds. The van der Waals surface area contributed by atoms with Crippen molar-refractivity contribution in [2.24, 2.45) is 0 Å². The predicted octanol–water partition coefficient (Wildman–Crippen LogP) is 3.37. The second kappa shape index (κ2) is 12.8. The maximum absolute atomic E-state index is 11.1. The monoisotopic (exact) mass is 315 g/mol. The van der Waals surface area contributed by atoms with Crippen LogP contribution in [-0.2, 0) is 32.7 Å². The smallest absolute Gasteiger partial charge is 0.490 e. The summed E-state index contributed by atoms with van der Waals surface area (Å²) in [6.07, 6.45) is 7.13. The van der Waals surface area contributed by atoms with Crippen LogP contribution in [0.15, 0.2) is 0 Å². The molecule has 1 N–H and O–H groups in total. The van der Waals surface area contributed by atoms with E-state index in [2.05, 4.69) is 33.1 Å². The Morgan fingerprint density at radius 2 is 2.12 bits per heavy atom. The summed E-state index contributed by atoms with van der Waals surface area (Å²) in [4.78, 5) is 13.0. The second-order valence-corrected chi connectivity index (χ2v) is 4.23. The van der Waals surface area contributed by atoms with Crippen molar-refractivity contribution in [1.29, 1.82) is 0 Å². The minimum absolute atomic E-state index is 0. The summed E-state index contributed by atoms with van der Waals surface area (Å²) in [5, 5.41) is 2.40. The van der Waals surface area contributed by atoms with E-state index < -0.39 is 0 Å². The summed E-state index contributed by atoms with van der Waals surface area (Å²) in [5.41, 5.74) is 0. The number of rotatable bonds is 2. The molecule has 0 aliphatic carbocycles. The number of likely N-dealkylation sites (tertiary alicyclic amines) is 1. The maximum atomic E-state index is 11.1. The molecule has 1 rings (SSSR count). The SMILES string of the molecule is [CH2-]CCCC.[CH2-]NC(=O)N1CCCCC1C.[Y+3]. The summed E-state index contributed by atoms with van der Waals surface area (Å²) >= 11 is 0. The number of carbonyl (C=O) groups excluding carboxylic acids is 1. The molecule has 4 heteroatoms. The molecule has 1 fully saturated rings. The van der Waals surface area contributed by atoms with E-state index in [0.29, 0.717) is 6.04 Å². The summed E-state index contributed by atoms with van der Waals surface area (Å²) in [5.74, 6) is 0. The Kier molecular flexibility index (Phi) is 14.9. The molecular formula is C13H26N2OY+. The van der Waals surface area contributed by atoms with Crippen LogP contribution in [0.1, 0.15) is 52.4 Å². The zero-order valence-corrected chi connectivity index (χ0v) is 14.2. The normalized spacial score (nSPS) is 18.6. The van der Waals surface area contributed by atoms with Crippen LogP contribution >= 0.6 is 0 Å². The first-order chi connectivity index (χ1) is 7.67. The van der Waals surface area contributed by atoms with Gasteiger partial charge in [0, 0.05) is 12.6 Å². The molecule has 1 heterocycles. The van der Waals surface area contributed by atoms with Crippen LogP contribution in [-0.4, -0.2) is 23.5 Å². The summed E-state index contributed by atoms with van der Waals surface area (Å²) in [6, 6.07) is 0.336. The molecule has 1 aliphatic heterocycles. The van der Waals surface area contributed by atoms with E-state index >= 15 is 0 Å². The third kappa shape index (κ3) is 9.01. The first kappa shape index (κ1) is 19.7. The number of hydrogen-bond acceptors (Lipinski definition) is 1. The zero-order chi connectivity index (χ0) is 12.4. The number of amides is 2. The van der Waals surface area contributed by atoms with Crippen molar-refractivity contribution in [3.05, 3.63) is 14.0 Å². The molecule has 0 saturated carbocycles. The van der Waals surface area contributed by atoms with E-state index in [9.17, 15) is 4.79 Å². The van der Waals surface area contributed by atoms with Gasteiger partial charge in [0.1, 0.15) is 0 Å². The van der Waals surface area contributed by atoms with Crippen molar-refractivity contribution in [3.63, 3.8) is 0 Å². The van der Waals surface area contributed by atoms with E-state index in [1.165, 1.54) is 19.3 Å². The van der Waals surface area contributed by atoms with Gasteiger partial charge in [0.2, 0.25) is 0 Å². The van der Waals surface area contributed by atoms with Crippen LogP contribution in [0.25, 0.3) is 0 Å². The Hall–Kier alpha value is 0.374. The number of piperidine rings is 1. The average Bonchev–Trinajstić information content (AvgIpc) is 2.31. The third-order valence-electron chi connectivity index (χ3n) is 2.82. The Morgan fingerprint density at radius 3 is 2.47 bits per heavy atom. The van der Waals surface area contributed by atoms with Crippen molar-refractivity contribution >= 4 is 6.03 Å². The van der Waals surface area contributed by atoms with E-state index in [4.69, 9.17) is 0 Å². The fraction of sp³-hybridized carbons (Fsp3) is 0.769. The van der Waals surface area contributed by atoms with Gasteiger partial charge >= 0.3 is 32.7 Å². The molecule has 1 atom stereocenters. The van der Waals surface area contributed by atoms with Crippen molar-refractivity contribution in [2.45, 2.75) is 58.4 Å². The number of nitrogens with one attached hydrogen (secondary N) is 1. The fourth-order valence-corrected chi connectivity index (χ4v) is 1.75. The van der Waals surface area contributed by atoms with Crippen molar-refractivity contribution in [1.82, 2.24) is 10.2 Å². The van der Waals surface area contributed by atoms with Gasteiger partial charge in [-0.15, -0.1) is 0 Å². The molecule has 96 valence electrons. The molecule has 0 aromatic heterocycles. The van der Waals surface area contributed by atoms with E-state index in [1.54, 1.807) is 0 Å². The van der Waals surface area contributed by atoms with Crippen molar-refractivity contribution in [3.8, 4) is 0 Å². The first-order valence-electron chi connectivity index (χ1n) is 6.30. The molecule has 3 nitrogen and oxygen atoms in total. The van der Waals surface area contributed by atoms with Gasteiger partial charge in [-0.3, -0.25) is 11.8 Å². The topological polar surface area (TPSA) is 32.3 Å². The van der Waals surface area contributed by atoms with Crippen LogP contribution in [0, 0.1) is 14.0 Å². The van der Waals surface area contributed by atoms with Gasteiger partial charge in [-0.1, -0.05) is 19.8 Å². The number of carbonyl (C=O) groups is 1. The molecule has 1 aliphatic rings. The fourth-order valence-electron chi connectivity index (χ4n) is 1.75. The standard InChI is InChI=1S/C8H15N2O.C5H11.Y/c1-7-5-3-4-6-10(7)8(11)9-2;1-3-5-4-2;/h7H,2-6H2,1H3,(H,9,11);1,3-5H2,2H3;/q2*-1;+3. The zero-order valence-electron chi connectivity index (χ0n) is 11.4. The van der Waals surface area contributed by atoms with E-state index in [1.807, 2.05) is 4.90 Å². The minimum Gasteiger partial charge on any atom is -0.490 e. The van der Waals surface area contributed by atoms with Gasteiger partial charge in [-0.2, -0.15) is 6.42 Å². The summed E-state index contributed by atoms with van der Waals surface area (Å²) < 4.78 is 0. The largest absolute Gasteiger partial charge is 3.00 e. The molecule has 1 saturated heterocycles. The van der Waals surface area contributed by atoms with Crippen LogP contribution in [0.5, 0.6) is 0 Å². The minimum atomic E-state index is -0.0443. The number of unbranched alkanes of at least 4 members (excludes halogenated alkanes) is 2. The number of urea groups is 1. The van der Waals surface area contributed by atoms with Gasteiger partial charge in [-0.05, 0) is 26.2 Å². The maximum Gasteiger partial charge on any atom is 3.00 e. The van der Waals surface area contributed by atoms with Gasteiger partial charge in [0.05, 0.1) is 0 Å².